The molecule has 0 aliphatic heterocycles. The molecule has 2 heterocycles. The van der Waals surface area contributed by atoms with Crippen LogP contribution in [0.5, 0.6) is 0 Å². The van der Waals surface area contributed by atoms with E-state index in [9.17, 15) is 9.59 Å². The molecule has 4 rings (SSSR count). The van der Waals surface area contributed by atoms with Gasteiger partial charge in [-0.3, -0.25) is 14.2 Å². The highest BCUT2D eigenvalue weighted by atomic mass is 16.3. The first-order valence-electron chi connectivity index (χ1n) is 8.56. The maximum Gasteiger partial charge on any atom is 0.262 e. The van der Waals surface area contributed by atoms with E-state index in [1.54, 1.807) is 36.6 Å². The Morgan fingerprint density at radius 2 is 1.78 bits per heavy atom. The van der Waals surface area contributed by atoms with Crippen LogP contribution in [0.1, 0.15) is 5.76 Å². The fraction of sp³-hybridized carbons (Fsp3) is 0.0952. The molecule has 27 heavy (non-hydrogen) atoms. The molecule has 134 valence electrons. The first-order chi connectivity index (χ1) is 13.2. The third-order valence-corrected chi connectivity index (χ3v) is 4.24. The van der Waals surface area contributed by atoms with E-state index in [4.69, 9.17) is 4.42 Å². The Hall–Kier alpha value is -3.67. The minimum absolute atomic E-state index is 0.123. The van der Waals surface area contributed by atoms with E-state index in [0.29, 0.717) is 22.5 Å². The fourth-order valence-corrected chi connectivity index (χ4v) is 2.92. The quantitative estimate of drug-likeness (QED) is 0.594. The molecule has 1 N–H and O–H groups in total. The summed E-state index contributed by atoms with van der Waals surface area (Å²) in [4.78, 5) is 30.1. The van der Waals surface area contributed by atoms with Crippen molar-refractivity contribution in [2.75, 3.05) is 0 Å². The van der Waals surface area contributed by atoms with Crippen molar-refractivity contribution in [3.63, 3.8) is 0 Å². The van der Waals surface area contributed by atoms with Crippen LogP contribution in [0.2, 0.25) is 0 Å². The topological polar surface area (TPSA) is 77.1 Å². The highest BCUT2D eigenvalue weighted by Gasteiger charge is 2.15. The molecule has 0 saturated carbocycles. The molecule has 4 aromatic rings. The summed E-state index contributed by atoms with van der Waals surface area (Å²) in [7, 11) is 0. The number of aromatic nitrogens is 2. The number of fused-ring (bicyclic) bond motifs is 1. The van der Waals surface area contributed by atoms with Crippen molar-refractivity contribution in [3.05, 3.63) is 89.1 Å². The largest absolute Gasteiger partial charge is 0.467 e. The monoisotopic (exact) mass is 359 g/mol. The Kier molecular flexibility index (Phi) is 4.53. The Bertz CT molecular complexity index is 1130. The zero-order valence-electron chi connectivity index (χ0n) is 14.5. The van der Waals surface area contributed by atoms with Crippen molar-refractivity contribution in [2.45, 2.75) is 13.1 Å². The van der Waals surface area contributed by atoms with E-state index in [1.807, 2.05) is 36.4 Å². The first kappa shape index (κ1) is 16.8. The van der Waals surface area contributed by atoms with Crippen molar-refractivity contribution >= 4 is 16.8 Å². The van der Waals surface area contributed by atoms with Crippen molar-refractivity contribution in [3.8, 4) is 11.4 Å². The number of hydrogen-bond acceptors (Lipinski definition) is 4. The average Bonchev–Trinajstić information content (AvgIpc) is 3.23. The van der Waals surface area contributed by atoms with Crippen molar-refractivity contribution < 1.29 is 9.21 Å². The molecule has 0 aliphatic rings. The standard InChI is InChI=1S/C21H17N3O3/c25-19(22-13-16-9-6-12-27-16)14-24-20(15-7-2-1-3-8-15)23-18-11-5-4-10-17(18)21(24)26/h1-12H,13-14H2,(H,22,25). The minimum atomic E-state index is -0.289. The van der Waals surface area contributed by atoms with Crippen LogP contribution in [-0.4, -0.2) is 15.5 Å². The van der Waals surface area contributed by atoms with Crippen LogP contribution >= 0.6 is 0 Å². The molecule has 6 heteroatoms. The number of carbonyl (C=O) groups excluding carboxylic acids is 1. The summed E-state index contributed by atoms with van der Waals surface area (Å²) in [5.74, 6) is 0.825. The fourth-order valence-electron chi connectivity index (χ4n) is 2.92. The van der Waals surface area contributed by atoms with Gasteiger partial charge in [-0.2, -0.15) is 0 Å². The van der Waals surface area contributed by atoms with Crippen molar-refractivity contribution in [1.29, 1.82) is 0 Å². The minimum Gasteiger partial charge on any atom is -0.467 e. The maximum absolute atomic E-state index is 13.0. The number of nitrogens with zero attached hydrogens (tertiary/aromatic N) is 2. The Morgan fingerprint density at radius 3 is 2.56 bits per heavy atom. The Labute approximate surface area is 155 Å². The lowest BCUT2D eigenvalue weighted by Crippen LogP contribution is -2.33. The summed E-state index contributed by atoms with van der Waals surface area (Å²) >= 11 is 0. The molecular weight excluding hydrogens is 342 g/mol. The lowest BCUT2D eigenvalue weighted by Gasteiger charge is -2.13. The molecule has 1 amide bonds. The smallest absolute Gasteiger partial charge is 0.262 e. The number of furan rings is 1. The van der Waals surface area contributed by atoms with Crippen LogP contribution in [0.3, 0.4) is 0 Å². The van der Waals surface area contributed by atoms with Gasteiger partial charge in [-0.25, -0.2) is 4.98 Å². The van der Waals surface area contributed by atoms with Gasteiger partial charge in [-0.05, 0) is 24.3 Å². The summed E-state index contributed by atoms with van der Waals surface area (Å²) < 4.78 is 6.62. The van der Waals surface area contributed by atoms with E-state index in [-0.39, 0.29) is 24.6 Å². The normalized spacial score (nSPS) is 10.8. The van der Waals surface area contributed by atoms with E-state index in [1.165, 1.54) is 4.57 Å². The van der Waals surface area contributed by atoms with Gasteiger partial charge in [0, 0.05) is 5.56 Å². The van der Waals surface area contributed by atoms with Crippen LogP contribution < -0.4 is 10.9 Å². The van der Waals surface area contributed by atoms with Gasteiger partial charge in [-0.1, -0.05) is 42.5 Å². The lowest BCUT2D eigenvalue weighted by atomic mass is 10.2. The molecule has 2 aromatic heterocycles. The summed E-state index contributed by atoms with van der Waals surface area (Å²) in [6, 6.07) is 20.0. The highest BCUT2D eigenvalue weighted by molar-refractivity contribution is 5.81. The third kappa shape index (κ3) is 3.50. The van der Waals surface area contributed by atoms with Gasteiger partial charge in [0.05, 0.1) is 23.7 Å². The molecule has 0 aliphatic carbocycles. The van der Waals surface area contributed by atoms with Crippen LogP contribution in [0.4, 0.5) is 0 Å². The van der Waals surface area contributed by atoms with Crippen LogP contribution in [0.15, 0.2) is 82.2 Å². The Morgan fingerprint density at radius 1 is 1.00 bits per heavy atom. The predicted molar refractivity (Wildman–Crippen MR) is 102 cm³/mol. The second-order valence-corrected chi connectivity index (χ2v) is 6.07. The predicted octanol–water partition coefficient (Wildman–Crippen LogP) is 2.97. The molecule has 6 nitrogen and oxygen atoms in total. The summed E-state index contributed by atoms with van der Waals surface area (Å²) in [6.07, 6.45) is 1.55. The zero-order valence-corrected chi connectivity index (χ0v) is 14.5. The summed E-state index contributed by atoms with van der Waals surface area (Å²) in [6.45, 7) is 0.143. The number of nitrogens with one attached hydrogen (secondary N) is 1. The van der Waals surface area contributed by atoms with Crippen LogP contribution in [0.25, 0.3) is 22.3 Å². The zero-order chi connectivity index (χ0) is 18.6. The van der Waals surface area contributed by atoms with Crippen LogP contribution in [-0.2, 0) is 17.9 Å². The molecule has 0 atom stereocenters. The number of rotatable bonds is 5. The second kappa shape index (κ2) is 7.29. The molecule has 0 bridgehead atoms. The number of hydrogen-bond donors (Lipinski definition) is 1. The first-order valence-corrected chi connectivity index (χ1v) is 8.56. The molecule has 0 saturated heterocycles. The third-order valence-electron chi connectivity index (χ3n) is 4.24. The number of amides is 1. The van der Waals surface area contributed by atoms with Crippen LogP contribution in [0, 0.1) is 0 Å². The maximum atomic E-state index is 13.0. The SMILES string of the molecule is O=C(Cn1c(-c2ccccc2)nc2ccccc2c1=O)NCc1ccco1. The van der Waals surface area contributed by atoms with E-state index in [2.05, 4.69) is 10.3 Å². The number of para-hydroxylation sites is 1. The van der Waals surface area contributed by atoms with Gasteiger partial charge in [0.2, 0.25) is 5.91 Å². The van der Waals surface area contributed by atoms with E-state index >= 15 is 0 Å². The van der Waals surface area contributed by atoms with Gasteiger partial charge in [0.15, 0.2) is 0 Å². The highest BCUT2D eigenvalue weighted by Crippen LogP contribution is 2.18. The van der Waals surface area contributed by atoms with E-state index < -0.39 is 0 Å². The lowest BCUT2D eigenvalue weighted by molar-refractivity contribution is -0.121. The van der Waals surface area contributed by atoms with Gasteiger partial charge in [0.25, 0.3) is 5.56 Å². The van der Waals surface area contributed by atoms with Gasteiger partial charge >= 0.3 is 0 Å². The van der Waals surface area contributed by atoms with E-state index in [0.717, 1.165) is 5.56 Å². The van der Waals surface area contributed by atoms with Gasteiger partial charge in [-0.15, -0.1) is 0 Å². The van der Waals surface area contributed by atoms with Crippen molar-refractivity contribution in [2.24, 2.45) is 0 Å². The molecule has 0 spiro atoms. The Balaban J connectivity index is 1.72. The number of carbonyl (C=O) groups is 1. The summed E-state index contributed by atoms with van der Waals surface area (Å²) in [5, 5.41) is 3.25. The molecule has 0 unspecified atom stereocenters. The molecular formula is C21H17N3O3. The molecule has 0 radical (unpaired) electrons. The summed E-state index contributed by atoms with van der Waals surface area (Å²) in [5.41, 5.74) is 1.14. The average molecular weight is 359 g/mol. The van der Waals surface area contributed by atoms with Crippen molar-refractivity contribution in [1.82, 2.24) is 14.9 Å². The van der Waals surface area contributed by atoms with Gasteiger partial charge in [0.1, 0.15) is 18.1 Å². The second-order valence-electron chi connectivity index (χ2n) is 6.07. The molecule has 2 aromatic carbocycles. The number of benzene rings is 2. The molecule has 0 fully saturated rings. The van der Waals surface area contributed by atoms with Gasteiger partial charge < -0.3 is 9.73 Å².